The number of hydrogen-bond donors (Lipinski definition) is 1. The van der Waals surface area contributed by atoms with E-state index in [-0.39, 0.29) is 0 Å². The Morgan fingerprint density at radius 1 is 1.18 bits per heavy atom. The molecule has 1 aromatic carbocycles. The molecule has 0 radical (unpaired) electrons. The third-order valence-electron chi connectivity index (χ3n) is 2.81. The smallest absolute Gasteiger partial charge is 0.0559 e. The van der Waals surface area contributed by atoms with E-state index in [1.165, 1.54) is 16.7 Å². The third kappa shape index (κ3) is 2.98. The molecule has 0 spiro atoms. The first-order chi connectivity index (χ1) is 8.16. The number of nitrogens with zero attached hydrogens (tertiary/aromatic N) is 1. The fourth-order valence-corrected chi connectivity index (χ4v) is 1.92. The van der Waals surface area contributed by atoms with Crippen LogP contribution < -0.4 is 5.32 Å². The first kappa shape index (κ1) is 11.9. The summed E-state index contributed by atoms with van der Waals surface area (Å²) in [6.45, 7) is 4.92. The number of anilines is 1. The van der Waals surface area contributed by atoms with Crippen LogP contribution in [0.25, 0.3) is 0 Å². The van der Waals surface area contributed by atoms with Gasteiger partial charge in [0, 0.05) is 17.8 Å². The maximum Gasteiger partial charge on any atom is 0.0559 e. The lowest BCUT2D eigenvalue weighted by molar-refractivity contribution is 1.10. The minimum atomic E-state index is 0.781. The first-order valence-corrected chi connectivity index (χ1v) is 5.94. The van der Waals surface area contributed by atoms with E-state index in [0.717, 1.165) is 17.3 Å². The Labute approximate surface area is 107 Å². The summed E-state index contributed by atoms with van der Waals surface area (Å²) < 4.78 is 0. The Balaban J connectivity index is 2.10. The van der Waals surface area contributed by atoms with Crippen molar-refractivity contribution in [3.63, 3.8) is 0 Å². The van der Waals surface area contributed by atoms with Crippen LogP contribution in [-0.2, 0) is 6.54 Å². The monoisotopic (exact) mass is 246 g/mol. The minimum absolute atomic E-state index is 0.781. The number of benzene rings is 1. The van der Waals surface area contributed by atoms with E-state index in [1.807, 2.05) is 24.4 Å². The highest BCUT2D eigenvalue weighted by molar-refractivity contribution is 6.30. The van der Waals surface area contributed by atoms with Crippen LogP contribution >= 0.6 is 11.6 Å². The lowest BCUT2D eigenvalue weighted by atomic mass is 10.1. The summed E-state index contributed by atoms with van der Waals surface area (Å²) >= 11 is 5.93. The summed E-state index contributed by atoms with van der Waals surface area (Å²) in [6, 6.07) is 7.95. The Kier molecular flexibility index (Phi) is 3.64. The molecule has 0 saturated carbocycles. The second kappa shape index (κ2) is 5.19. The van der Waals surface area contributed by atoms with Crippen molar-refractivity contribution in [2.45, 2.75) is 20.4 Å². The van der Waals surface area contributed by atoms with Crippen LogP contribution in [0, 0.1) is 13.8 Å². The van der Waals surface area contributed by atoms with Gasteiger partial charge in [-0.3, -0.25) is 4.98 Å². The third-order valence-corrected chi connectivity index (χ3v) is 3.05. The van der Waals surface area contributed by atoms with E-state index >= 15 is 0 Å². The minimum Gasteiger partial charge on any atom is -0.379 e. The molecule has 0 atom stereocenters. The van der Waals surface area contributed by atoms with E-state index in [9.17, 15) is 0 Å². The molecule has 0 saturated heterocycles. The molecule has 88 valence electrons. The van der Waals surface area contributed by atoms with Crippen molar-refractivity contribution in [2.75, 3.05) is 5.32 Å². The molecule has 0 fully saturated rings. The average molecular weight is 247 g/mol. The lowest BCUT2D eigenvalue weighted by Crippen LogP contribution is -2.02. The highest BCUT2D eigenvalue weighted by Crippen LogP contribution is 2.18. The molecule has 1 N–H and O–H groups in total. The van der Waals surface area contributed by atoms with E-state index in [1.54, 1.807) is 6.20 Å². The molecule has 1 aromatic heterocycles. The van der Waals surface area contributed by atoms with Crippen molar-refractivity contribution in [3.8, 4) is 0 Å². The topological polar surface area (TPSA) is 24.9 Å². The van der Waals surface area contributed by atoms with Gasteiger partial charge in [0.2, 0.25) is 0 Å². The Bertz CT molecular complexity index is 523. The molecule has 0 aliphatic rings. The molecule has 2 aromatic rings. The van der Waals surface area contributed by atoms with Crippen LogP contribution in [0.5, 0.6) is 0 Å². The maximum absolute atomic E-state index is 5.93. The fourth-order valence-electron chi connectivity index (χ4n) is 1.70. The van der Waals surface area contributed by atoms with Gasteiger partial charge in [0.05, 0.1) is 11.9 Å². The van der Waals surface area contributed by atoms with Gasteiger partial charge in [-0.05, 0) is 48.7 Å². The van der Waals surface area contributed by atoms with Crippen LogP contribution in [0.1, 0.15) is 16.7 Å². The average Bonchev–Trinajstić information content (AvgIpc) is 2.30. The van der Waals surface area contributed by atoms with Gasteiger partial charge in [-0.2, -0.15) is 0 Å². The molecule has 1 heterocycles. The normalized spacial score (nSPS) is 10.3. The van der Waals surface area contributed by atoms with Gasteiger partial charge < -0.3 is 5.32 Å². The molecule has 3 heteroatoms. The number of hydrogen-bond acceptors (Lipinski definition) is 2. The first-order valence-electron chi connectivity index (χ1n) is 5.56. The molecular formula is C14H15ClN2. The molecular weight excluding hydrogens is 232 g/mol. The zero-order chi connectivity index (χ0) is 12.3. The molecule has 2 nitrogen and oxygen atoms in total. The zero-order valence-electron chi connectivity index (χ0n) is 10.00. The van der Waals surface area contributed by atoms with E-state index < -0.39 is 0 Å². The second-order valence-corrected chi connectivity index (χ2v) is 4.55. The van der Waals surface area contributed by atoms with E-state index in [2.05, 4.69) is 30.2 Å². The van der Waals surface area contributed by atoms with Crippen molar-refractivity contribution in [3.05, 3.63) is 58.4 Å². The van der Waals surface area contributed by atoms with Crippen molar-refractivity contribution in [1.82, 2.24) is 4.98 Å². The molecule has 0 unspecified atom stereocenters. The number of nitrogens with one attached hydrogen (secondary N) is 1. The highest BCUT2D eigenvalue weighted by atomic mass is 35.5. The van der Waals surface area contributed by atoms with Crippen molar-refractivity contribution in [1.29, 1.82) is 0 Å². The molecule has 0 aliphatic carbocycles. The van der Waals surface area contributed by atoms with Crippen molar-refractivity contribution >= 4 is 17.3 Å². The van der Waals surface area contributed by atoms with Crippen LogP contribution in [0.2, 0.25) is 5.02 Å². The van der Waals surface area contributed by atoms with E-state index in [4.69, 9.17) is 11.6 Å². The summed E-state index contributed by atoms with van der Waals surface area (Å²) in [6.07, 6.45) is 3.65. The molecule has 17 heavy (non-hydrogen) atoms. The molecule has 0 aliphatic heterocycles. The maximum atomic E-state index is 5.93. The fraction of sp³-hybridized carbons (Fsp3) is 0.214. The van der Waals surface area contributed by atoms with E-state index in [0.29, 0.717) is 0 Å². The number of aromatic nitrogens is 1. The van der Waals surface area contributed by atoms with Crippen molar-refractivity contribution < 1.29 is 0 Å². The number of halogens is 1. The largest absolute Gasteiger partial charge is 0.379 e. The Morgan fingerprint density at radius 2 is 2.00 bits per heavy atom. The standard InChI is InChI=1S/C14H15ClN2/c1-10-5-6-16-9-14(10)17-8-12-3-4-13(15)7-11(12)2/h3-7,9,17H,8H2,1-2H3. The van der Waals surface area contributed by atoms with Crippen molar-refractivity contribution in [2.24, 2.45) is 0 Å². The van der Waals surface area contributed by atoms with Gasteiger partial charge in [0.15, 0.2) is 0 Å². The van der Waals surface area contributed by atoms with Crippen LogP contribution in [-0.4, -0.2) is 4.98 Å². The van der Waals surface area contributed by atoms with Gasteiger partial charge >= 0.3 is 0 Å². The summed E-state index contributed by atoms with van der Waals surface area (Å²) in [7, 11) is 0. The highest BCUT2D eigenvalue weighted by Gasteiger charge is 2.01. The zero-order valence-corrected chi connectivity index (χ0v) is 10.8. The predicted molar refractivity (Wildman–Crippen MR) is 72.5 cm³/mol. The SMILES string of the molecule is Cc1cc(Cl)ccc1CNc1cnccc1C. The number of aryl methyl sites for hydroxylation is 2. The Morgan fingerprint density at radius 3 is 2.71 bits per heavy atom. The number of pyridine rings is 1. The Hall–Kier alpha value is -1.54. The van der Waals surface area contributed by atoms with Crippen LogP contribution in [0.15, 0.2) is 36.7 Å². The second-order valence-electron chi connectivity index (χ2n) is 4.11. The lowest BCUT2D eigenvalue weighted by Gasteiger charge is -2.10. The summed E-state index contributed by atoms with van der Waals surface area (Å²) in [4.78, 5) is 4.11. The molecule has 0 amide bonds. The number of rotatable bonds is 3. The molecule has 0 bridgehead atoms. The van der Waals surface area contributed by atoms with Gasteiger partial charge in [-0.25, -0.2) is 0 Å². The van der Waals surface area contributed by atoms with Gasteiger partial charge in [0.1, 0.15) is 0 Å². The molecule has 2 rings (SSSR count). The van der Waals surface area contributed by atoms with Gasteiger partial charge in [-0.15, -0.1) is 0 Å². The van der Waals surface area contributed by atoms with Gasteiger partial charge in [0.25, 0.3) is 0 Å². The van der Waals surface area contributed by atoms with Crippen LogP contribution in [0.4, 0.5) is 5.69 Å². The predicted octanol–water partition coefficient (Wildman–Crippen LogP) is 3.96. The quantitative estimate of drug-likeness (QED) is 0.887. The van der Waals surface area contributed by atoms with Crippen LogP contribution in [0.3, 0.4) is 0 Å². The summed E-state index contributed by atoms with van der Waals surface area (Å²) in [5.74, 6) is 0. The summed E-state index contributed by atoms with van der Waals surface area (Å²) in [5, 5.41) is 4.17. The van der Waals surface area contributed by atoms with Gasteiger partial charge in [-0.1, -0.05) is 17.7 Å². The summed E-state index contributed by atoms with van der Waals surface area (Å²) in [5.41, 5.74) is 4.72.